The van der Waals surface area contributed by atoms with E-state index in [1.807, 2.05) is 29.8 Å². The molecule has 0 aliphatic carbocycles. The van der Waals surface area contributed by atoms with E-state index in [1.165, 1.54) is 12.1 Å². The number of benzene rings is 2. The molecule has 0 amide bonds. The zero-order valence-electron chi connectivity index (χ0n) is 12.7. The van der Waals surface area contributed by atoms with Gasteiger partial charge >= 0.3 is 10.2 Å². The minimum absolute atomic E-state index is 0.0533. The van der Waals surface area contributed by atoms with Crippen molar-refractivity contribution in [3.8, 4) is 5.75 Å². The van der Waals surface area contributed by atoms with Crippen LogP contribution < -0.4 is 9.03 Å². The van der Waals surface area contributed by atoms with Crippen molar-refractivity contribution in [1.29, 1.82) is 0 Å². The molecular formula is C16H15ClN2O4S. The zero-order chi connectivity index (χ0) is 17.5. The van der Waals surface area contributed by atoms with Crippen molar-refractivity contribution < 1.29 is 18.6 Å². The van der Waals surface area contributed by atoms with Crippen LogP contribution in [0.5, 0.6) is 5.75 Å². The van der Waals surface area contributed by atoms with Gasteiger partial charge in [-0.15, -0.1) is 0 Å². The molecule has 0 saturated carbocycles. The number of anilines is 1. The second-order valence-electron chi connectivity index (χ2n) is 5.55. The van der Waals surface area contributed by atoms with Crippen LogP contribution >= 0.6 is 11.6 Å². The Morgan fingerprint density at radius 2 is 1.88 bits per heavy atom. The van der Waals surface area contributed by atoms with Gasteiger partial charge in [-0.2, -0.15) is 8.42 Å². The molecule has 8 heteroatoms. The van der Waals surface area contributed by atoms with Gasteiger partial charge < -0.3 is 10.2 Å². The molecule has 24 heavy (non-hydrogen) atoms. The minimum atomic E-state index is -3.93. The van der Waals surface area contributed by atoms with E-state index in [1.54, 1.807) is 6.07 Å². The van der Waals surface area contributed by atoms with Crippen LogP contribution in [0.2, 0.25) is 5.02 Å². The fraction of sp³-hybridized carbons (Fsp3) is 0.125. The lowest BCUT2D eigenvalue weighted by Gasteiger charge is -2.16. The number of halogens is 1. The first-order chi connectivity index (χ1) is 11.2. The summed E-state index contributed by atoms with van der Waals surface area (Å²) in [6.45, 7) is 1.94. The van der Waals surface area contributed by atoms with E-state index in [-0.39, 0.29) is 11.4 Å². The number of phenolic OH excluding ortho intramolecular Hbond substituents is 1. The number of phenols is 1. The Hall–Kier alpha value is -2.38. The van der Waals surface area contributed by atoms with Gasteiger partial charge in [0.25, 0.3) is 0 Å². The Balaban J connectivity index is 1.90. The Morgan fingerprint density at radius 3 is 2.46 bits per heavy atom. The van der Waals surface area contributed by atoms with Crippen molar-refractivity contribution in [2.45, 2.75) is 13.3 Å². The zero-order valence-corrected chi connectivity index (χ0v) is 14.3. The van der Waals surface area contributed by atoms with Crippen molar-refractivity contribution in [3.63, 3.8) is 0 Å². The van der Waals surface area contributed by atoms with Crippen LogP contribution in [-0.4, -0.2) is 18.6 Å². The molecule has 1 aliphatic rings. The summed E-state index contributed by atoms with van der Waals surface area (Å²) in [6.07, 6.45) is 1.53. The van der Waals surface area contributed by atoms with Crippen LogP contribution in [0.1, 0.15) is 16.7 Å². The maximum Gasteiger partial charge on any atom is 0.330 e. The third-order valence-corrected chi connectivity index (χ3v) is 5.02. The predicted molar refractivity (Wildman–Crippen MR) is 92.3 cm³/mol. The van der Waals surface area contributed by atoms with Gasteiger partial charge in [-0.25, -0.2) is 9.03 Å². The second-order valence-corrected chi connectivity index (χ2v) is 7.54. The highest BCUT2D eigenvalue weighted by molar-refractivity contribution is 7.91. The van der Waals surface area contributed by atoms with E-state index in [2.05, 4.69) is 0 Å². The number of rotatable bonds is 3. The van der Waals surface area contributed by atoms with E-state index in [0.29, 0.717) is 11.4 Å². The summed E-state index contributed by atoms with van der Waals surface area (Å²) in [7, 11) is -3.93. The lowest BCUT2D eigenvalue weighted by Crippen LogP contribution is -2.29. The summed E-state index contributed by atoms with van der Waals surface area (Å²) in [4.78, 5) is 0. The Kier molecular flexibility index (Phi) is 4.06. The summed E-state index contributed by atoms with van der Waals surface area (Å²) in [5, 5.41) is 20.1. The average molecular weight is 367 g/mol. The molecule has 0 bridgehead atoms. The highest BCUT2D eigenvalue weighted by Crippen LogP contribution is 2.33. The van der Waals surface area contributed by atoms with Crippen molar-refractivity contribution in [2.75, 3.05) is 4.31 Å². The summed E-state index contributed by atoms with van der Waals surface area (Å²) in [5.41, 5.74) is 2.88. The molecule has 0 aromatic heterocycles. The van der Waals surface area contributed by atoms with E-state index in [4.69, 9.17) is 11.6 Å². The Labute approximate surface area is 144 Å². The lowest BCUT2D eigenvalue weighted by molar-refractivity contribution is 0.392. The fourth-order valence-electron chi connectivity index (χ4n) is 2.60. The maximum absolute atomic E-state index is 11.9. The van der Waals surface area contributed by atoms with Crippen LogP contribution in [0.3, 0.4) is 0 Å². The summed E-state index contributed by atoms with van der Waals surface area (Å²) in [6, 6.07) is 10.4. The van der Waals surface area contributed by atoms with Crippen LogP contribution in [0, 0.1) is 6.92 Å². The van der Waals surface area contributed by atoms with Crippen LogP contribution in [-0.2, 0) is 16.6 Å². The third kappa shape index (κ3) is 3.27. The minimum Gasteiger partial charge on any atom is -0.506 e. The van der Waals surface area contributed by atoms with E-state index in [0.717, 1.165) is 27.2 Å². The first kappa shape index (κ1) is 16.5. The fourth-order valence-corrected chi connectivity index (χ4v) is 3.98. The van der Waals surface area contributed by atoms with Crippen LogP contribution in [0.25, 0.3) is 0 Å². The van der Waals surface area contributed by atoms with Gasteiger partial charge in [-0.1, -0.05) is 23.7 Å². The largest absolute Gasteiger partial charge is 0.506 e. The van der Waals surface area contributed by atoms with Gasteiger partial charge in [0.2, 0.25) is 5.88 Å². The maximum atomic E-state index is 11.9. The molecule has 3 N–H and O–H groups in total. The number of aliphatic hydroxyl groups is 1. The van der Waals surface area contributed by atoms with Gasteiger partial charge in [0.05, 0.1) is 6.20 Å². The number of nitrogens with zero attached hydrogens (tertiary/aromatic N) is 1. The molecule has 0 saturated heterocycles. The van der Waals surface area contributed by atoms with E-state index >= 15 is 0 Å². The molecule has 126 valence electrons. The third-order valence-electron chi connectivity index (χ3n) is 3.52. The molecule has 0 spiro atoms. The topological polar surface area (TPSA) is 89.9 Å². The van der Waals surface area contributed by atoms with Gasteiger partial charge in [-0.3, -0.25) is 0 Å². The summed E-state index contributed by atoms with van der Waals surface area (Å²) < 4.78 is 26.4. The van der Waals surface area contributed by atoms with Crippen LogP contribution in [0.4, 0.5) is 5.69 Å². The number of aromatic hydroxyl groups is 1. The van der Waals surface area contributed by atoms with Gasteiger partial charge in [0, 0.05) is 5.02 Å². The Bertz CT molecular complexity index is 921. The first-order valence-electron chi connectivity index (χ1n) is 7.05. The number of aryl methyl sites for hydroxylation is 1. The number of aliphatic hydroxyl groups excluding tert-OH is 1. The van der Waals surface area contributed by atoms with E-state index in [9.17, 15) is 18.6 Å². The SMILES string of the molecule is Cc1cc(Cl)cc(Cc2ccc(N3C=C(O)NS3(=O)=O)c(O)c2)c1. The summed E-state index contributed by atoms with van der Waals surface area (Å²) in [5.74, 6) is -0.713. The van der Waals surface area contributed by atoms with Gasteiger partial charge in [0.1, 0.15) is 11.4 Å². The van der Waals surface area contributed by atoms with Gasteiger partial charge in [-0.05, 0) is 54.3 Å². The standard InChI is InChI=1S/C16H15ClN2O4S/c1-10-4-12(7-13(17)5-10)6-11-2-3-14(15(20)8-11)19-9-16(21)18-24(19,22)23/h2-5,7-9,18,20-21H,6H2,1H3. The van der Waals surface area contributed by atoms with Crippen molar-refractivity contribution in [1.82, 2.24) is 4.72 Å². The molecule has 2 aromatic rings. The molecule has 1 heterocycles. The van der Waals surface area contributed by atoms with Crippen molar-refractivity contribution in [2.24, 2.45) is 0 Å². The van der Waals surface area contributed by atoms with Crippen molar-refractivity contribution >= 4 is 27.5 Å². The monoisotopic (exact) mass is 366 g/mol. The smallest absolute Gasteiger partial charge is 0.330 e. The van der Waals surface area contributed by atoms with Crippen molar-refractivity contribution in [3.05, 3.63) is 70.2 Å². The Morgan fingerprint density at radius 1 is 1.12 bits per heavy atom. The molecule has 3 rings (SSSR count). The molecule has 0 fully saturated rings. The molecule has 0 unspecified atom stereocenters. The molecule has 1 aliphatic heterocycles. The average Bonchev–Trinajstić information content (AvgIpc) is 2.70. The number of nitrogens with one attached hydrogen (secondary N) is 1. The molecular weight excluding hydrogens is 352 g/mol. The normalized spacial score (nSPS) is 15.9. The first-order valence-corrected chi connectivity index (χ1v) is 8.87. The highest BCUT2D eigenvalue weighted by atomic mass is 35.5. The highest BCUT2D eigenvalue weighted by Gasteiger charge is 2.30. The van der Waals surface area contributed by atoms with Gasteiger partial charge in [0.15, 0.2) is 0 Å². The molecule has 0 atom stereocenters. The quantitative estimate of drug-likeness (QED) is 0.779. The molecule has 6 nitrogen and oxygen atoms in total. The molecule has 2 aromatic carbocycles. The van der Waals surface area contributed by atoms with E-state index < -0.39 is 16.1 Å². The molecule has 0 radical (unpaired) electrons. The van der Waals surface area contributed by atoms with Crippen LogP contribution in [0.15, 0.2) is 48.5 Å². The lowest BCUT2D eigenvalue weighted by atomic mass is 10.0. The number of hydrogen-bond acceptors (Lipinski definition) is 4. The predicted octanol–water partition coefficient (Wildman–Crippen LogP) is 2.96. The summed E-state index contributed by atoms with van der Waals surface area (Å²) >= 11 is 6.04. The second kappa shape index (κ2) is 5.92. The number of hydrogen-bond donors (Lipinski definition) is 3.